The van der Waals surface area contributed by atoms with Crippen LogP contribution in [-0.2, 0) is 0 Å². The van der Waals surface area contributed by atoms with E-state index in [4.69, 9.17) is 5.73 Å². The highest BCUT2D eigenvalue weighted by Gasteiger charge is 2.13. The Hall–Kier alpha value is -1.62. The molecule has 0 amide bonds. The third-order valence-electron chi connectivity index (χ3n) is 2.64. The molecule has 18 heavy (non-hydrogen) atoms. The van der Waals surface area contributed by atoms with E-state index in [0.717, 1.165) is 15.6 Å². The molecule has 0 spiro atoms. The molecule has 1 aromatic heterocycles. The number of anilines is 2. The summed E-state index contributed by atoms with van der Waals surface area (Å²) in [4.78, 5) is 5.55. The van der Waals surface area contributed by atoms with Gasteiger partial charge in [0.05, 0.1) is 16.7 Å². The number of nitrogen functional groups attached to an aromatic ring is 1. The van der Waals surface area contributed by atoms with Crippen LogP contribution in [0.25, 0.3) is 0 Å². The molecule has 2 rings (SSSR count). The molecular weight excluding hydrogens is 249 g/mol. The van der Waals surface area contributed by atoms with E-state index in [0.29, 0.717) is 11.4 Å². The number of halogens is 1. The van der Waals surface area contributed by atoms with Crippen molar-refractivity contribution in [3.05, 3.63) is 39.6 Å². The molecule has 1 heterocycles. The predicted molar refractivity (Wildman–Crippen MR) is 74.4 cm³/mol. The second-order valence-electron chi connectivity index (χ2n) is 4.32. The fourth-order valence-electron chi connectivity index (χ4n) is 1.96. The van der Waals surface area contributed by atoms with Gasteiger partial charge in [0.2, 0.25) is 0 Å². The highest BCUT2D eigenvalue weighted by atomic mass is 32.1. The van der Waals surface area contributed by atoms with Crippen LogP contribution in [0, 0.1) is 19.7 Å². The van der Waals surface area contributed by atoms with Gasteiger partial charge in [-0.25, -0.2) is 9.37 Å². The lowest BCUT2D eigenvalue weighted by atomic mass is 10.2. The lowest BCUT2D eigenvalue weighted by molar-refractivity contribution is 0.628. The molecule has 0 aliphatic carbocycles. The van der Waals surface area contributed by atoms with Crippen molar-refractivity contribution in [2.24, 2.45) is 0 Å². The van der Waals surface area contributed by atoms with Crippen molar-refractivity contribution in [3.63, 3.8) is 0 Å². The normalized spacial score (nSPS) is 12.4. The fourth-order valence-corrected chi connectivity index (χ4v) is 2.89. The second kappa shape index (κ2) is 4.94. The third-order valence-corrected chi connectivity index (χ3v) is 3.89. The zero-order valence-electron chi connectivity index (χ0n) is 10.6. The molecule has 0 aliphatic rings. The number of hydrogen-bond donors (Lipinski definition) is 2. The minimum Gasteiger partial charge on any atom is -0.399 e. The number of nitrogens with one attached hydrogen (secondary N) is 1. The first kappa shape index (κ1) is 12.8. The van der Waals surface area contributed by atoms with E-state index >= 15 is 0 Å². The molecule has 3 nitrogen and oxygen atoms in total. The van der Waals surface area contributed by atoms with E-state index in [2.05, 4.69) is 10.3 Å². The third kappa shape index (κ3) is 2.79. The molecule has 0 bridgehead atoms. The van der Waals surface area contributed by atoms with Gasteiger partial charge in [0.25, 0.3) is 0 Å². The fraction of sp³-hybridized carbons (Fsp3) is 0.308. The van der Waals surface area contributed by atoms with Crippen LogP contribution < -0.4 is 11.1 Å². The SMILES string of the molecule is Cc1nc(C)c(C(C)Nc2cc(N)cc(F)c2)s1. The molecule has 1 unspecified atom stereocenters. The van der Waals surface area contributed by atoms with Crippen molar-refractivity contribution in [2.45, 2.75) is 26.8 Å². The minimum absolute atomic E-state index is 0.0809. The lowest BCUT2D eigenvalue weighted by Crippen LogP contribution is -2.07. The van der Waals surface area contributed by atoms with Gasteiger partial charge in [0.15, 0.2) is 0 Å². The summed E-state index contributed by atoms with van der Waals surface area (Å²) in [5, 5.41) is 4.28. The Morgan fingerprint density at radius 1 is 1.33 bits per heavy atom. The van der Waals surface area contributed by atoms with E-state index in [1.807, 2.05) is 20.8 Å². The molecule has 0 saturated heterocycles. The number of thiazole rings is 1. The van der Waals surface area contributed by atoms with Gasteiger partial charge in [-0.05, 0) is 39.0 Å². The first-order valence-corrected chi connectivity index (χ1v) is 6.54. The van der Waals surface area contributed by atoms with Crippen molar-refractivity contribution in [1.29, 1.82) is 0 Å². The van der Waals surface area contributed by atoms with E-state index in [9.17, 15) is 4.39 Å². The summed E-state index contributed by atoms with van der Waals surface area (Å²) in [6.45, 7) is 5.99. The quantitative estimate of drug-likeness (QED) is 0.833. The molecule has 96 valence electrons. The standard InChI is InChI=1S/C13H16FN3S/c1-7-13(18-9(3)16-7)8(2)17-12-5-10(14)4-11(15)6-12/h4-6,8,17H,15H2,1-3H3. The lowest BCUT2D eigenvalue weighted by Gasteiger charge is -2.14. The largest absolute Gasteiger partial charge is 0.399 e. The van der Waals surface area contributed by atoms with Crippen molar-refractivity contribution < 1.29 is 4.39 Å². The van der Waals surface area contributed by atoms with Gasteiger partial charge in [0.1, 0.15) is 5.82 Å². The molecule has 0 saturated carbocycles. The van der Waals surface area contributed by atoms with Gasteiger partial charge in [-0.15, -0.1) is 11.3 Å². The molecular formula is C13H16FN3S. The van der Waals surface area contributed by atoms with Crippen molar-refractivity contribution in [1.82, 2.24) is 4.98 Å². The number of nitrogens with zero attached hydrogens (tertiary/aromatic N) is 1. The highest BCUT2D eigenvalue weighted by molar-refractivity contribution is 7.11. The number of benzene rings is 1. The van der Waals surface area contributed by atoms with Crippen LogP contribution in [-0.4, -0.2) is 4.98 Å². The first-order chi connectivity index (χ1) is 8.45. The van der Waals surface area contributed by atoms with Crippen LogP contribution in [0.3, 0.4) is 0 Å². The Kier molecular flexibility index (Phi) is 3.52. The maximum atomic E-state index is 13.2. The monoisotopic (exact) mass is 265 g/mol. The van der Waals surface area contributed by atoms with Crippen LogP contribution in [0.1, 0.15) is 28.5 Å². The van der Waals surface area contributed by atoms with Gasteiger partial charge in [-0.2, -0.15) is 0 Å². The highest BCUT2D eigenvalue weighted by Crippen LogP contribution is 2.28. The summed E-state index contributed by atoms with van der Waals surface area (Å²) < 4.78 is 13.2. The van der Waals surface area contributed by atoms with E-state index < -0.39 is 0 Å². The van der Waals surface area contributed by atoms with Gasteiger partial charge in [0, 0.05) is 16.3 Å². The summed E-state index contributed by atoms with van der Waals surface area (Å²) in [6.07, 6.45) is 0. The van der Waals surface area contributed by atoms with Crippen LogP contribution in [0.5, 0.6) is 0 Å². The van der Waals surface area contributed by atoms with E-state index in [1.54, 1.807) is 17.4 Å². The topological polar surface area (TPSA) is 50.9 Å². The molecule has 1 atom stereocenters. The number of nitrogens with two attached hydrogens (primary N) is 1. The van der Waals surface area contributed by atoms with Gasteiger partial charge >= 0.3 is 0 Å². The Labute approximate surface area is 110 Å². The second-order valence-corrected chi connectivity index (χ2v) is 5.56. The smallest absolute Gasteiger partial charge is 0.127 e. The maximum Gasteiger partial charge on any atom is 0.127 e. The number of aryl methyl sites for hydroxylation is 2. The van der Waals surface area contributed by atoms with Gasteiger partial charge < -0.3 is 11.1 Å². The Bertz CT molecular complexity index is 545. The number of aromatic nitrogens is 1. The molecule has 0 fully saturated rings. The van der Waals surface area contributed by atoms with Crippen molar-refractivity contribution >= 4 is 22.7 Å². The van der Waals surface area contributed by atoms with Crippen LogP contribution in [0.4, 0.5) is 15.8 Å². The van der Waals surface area contributed by atoms with Crippen LogP contribution in [0.15, 0.2) is 18.2 Å². The number of rotatable bonds is 3. The Balaban J connectivity index is 2.20. The Morgan fingerprint density at radius 3 is 2.61 bits per heavy atom. The van der Waals surface area contributed by atoms with Gasteiger partial charge in [-0.3, -0.25) is 0 Å². The molecule has 1 aromatic carbocycles. The maximum absolute atomic E-state index is 13.2. The number of hydrogen-bond acceptors (Lipinski definition) is 4. The molecule has 0 aliphatic heterocycles. The van der Waals surface area contributed by atoms with E-state index in [1.165, 1.54) is 12.1 Å². The van der Waals surface area contributed by atoms with Crippen molar-refractivity contribution in [2.75, 3.05) is 11.1 Å². The Morgan fingerprint density at radius 2 is 2.06 bits per heavy atom. The minimum atomic E-state index is -0.332. The summed E-state index contributed by atoms with van der Waals surface area (Å²) in [6, 6.07) is 4.55. The summed E-state index contributed by atoms with van der Waals surface area (Å²) in [5.74, 6) is -0.332. The zero-order valence-corrected chi connectivity index (χ0v) is 11.4. The summed E-state index contributed by atoms with van der Waals surface area (Å²) in [5.41, 5.74) is 7.74. The molecule has 5 heteroatoms. The summed E-state index contributed by atoms with van der Waals surface area (Å²) in [7, 11) is 0. The molecule has 3 N–H and O–H groups in total. The summed E-state index contributed by atoms with van der Waals surface area (Å²) >= 11 is 1.65. The predicted octanol–water partition coefficient (Wildman–Crippen LogP) is 3.65. The molecule has 2 aromatic rings. The first-order valence-electron chi connectivity index (χ1n) is 5.72. The van der Waals surface area contributed by atoms with E-state index in [-0.39, 0.29) is 11.9 Å². The van der Waals surface area contributed by atoms with Crippen molar-refractivity contribution in [3.8, 4) is 0 Å². The average Bonchev–Trinajstić information content (AvgIpc) is 2.56. The van der Waals surface area contributed by atoms with Gasteiger partial charge in [-0.1, -0.05) is 0 Å². The molecule has 0 radical (unpaired) electrons. The zero-order chi connectivity index (χ0) is 13.3. The van der Waals surface area contributed by atoms with Crippen LogP contribution in [0.2, 0.25) is 0 Å². The average molecular weight is 265 g/mol. The van der Waals surface area contributed by atoms with Crippen LogP contribution >= 0.6 is 11.3 Å².